The summed E-state index contributed by atoms with van der Waals surface area (Å²) in [5, 5.41) is 0. The van der Waals surface area contributed by atoms with Gasteiger partial charge < -0.3 is 9.47 Å². The Labute approximate surface area is 87.8 Å². The molecule has 0 aromatic heterocycles. The molecular weight excluding hydrogens is 202 g/mol. The Hall–Kier alpha value is -1.32. The summed E-state index contributed by atoms with van der Waals surface area (Å²) in [7, 11) is 0. The third-order valence-corrected chi connectivity index (χ3v) is 1.83. The van der Waals surface area contributed by atoms with Gasteiger partial charge in [-0.1, -0.05) is 12.1 Å². The number of ether oxygens (including phenoxy) is 2. The molecule has 0 aliphatic rings. The zero-order chi connectivity index (χ0) is 11.1. The molecule has 0 aliphatic carbocycles. The molecule has 0 unspecified atom stereocenters. The monoisotopic (exact) mass is 216 g/mol. The first-order valence-electron chi connectivity index (χ1n) is 4.76. The summed E-state index contributed by atoms with van der Waals surface area (Å²) in [5.74, 6) is 0.949. The summed E-state index contributed by atoms with van der Waals surface area (Å²) in [6.45, 7) is 0.676. The molecule has 0 N–H and O–H groups in total. The molecule has 0 amide bonds. The maximum Gasteiger partial charge on any atom is 0.164 e. The maximum atomic E-state index is 12.0. The molecule has 1 aromatic rings. The quantitative estimate of drug-likeness (QED) is 0.727. The second-order valence-electron chi connectivity index (χ2n) is 2.98. The van der Waals surface area contributed by atoms with Gasteiger partial charge in [0.2, 0.25) is 0 Å². The van der Waals surface area contributed by atoms with Gasteiger partial charge in [0, 0.05) is 0 Å². The van der Waals surface area contributed by atoms with Crippen molar-refractivity contribution in [1.82, 2.24) is 0 Å². The molecule has 2 nitrogen and oxygen atoms in total. The van der Waals surface area contributed by atoms with Crippen molar-refractivity contribution in [3.8, 4) is 11.5 Å². The number of hydrogen-bond acceptors (Lipinski definition) is 2. The van der Waals surface area contributed by atoms with Gasteiger partial charge in [0.1, 0.15) is 26.6 Å². The molecule has 84 valence electrons. The van der Waals surface area contributed by atoms with Crippen LogP contribution in [0.4, 0.5) is 8.78 Å². The van der Waals surface area contributed by atoms with Crippen molar-refractivity contribution < 1.29 is 18.3 Å². The smallest absolute Gasteiger partial charge is 0.164 e. The summed E-state index contributed by atoms with van der Waals surface area (Å²) in [6.07, 6.45) is 0. The average molecular weight is 216 g/mol. The van der Waals surface area contributed by atoms with E-state index in [1.165, 1.54) is 0 Å². The minimum atomic E-state index is -0.559. The highest BCUT2D eigenvalue weighted by Gasteiger charge is 2.07. The van der Waals surface area contributed by atoms with Crippen LogP contribution in [0.2, 0.25) is 0 Å². The first-order valence-corrected chi connectivity index (χ1v) is 4.76. The Morgan fingerprint density at radius 3 is 2.40 bits per heavy atom. The zero-order valence-electron chi connectivity index (χ0n) is 8.63. The molecule has 0 saturated heterocycles. The van der Waals surface area contributed by atoms with Gasteiger partial charge in [0.05, 0.1) is 0 Å². The molecule has 4 heteroatoms. The van der Waals surface area contributed by atoms with E-state index in [1.54, 1.807) is 12.1 Å². The Kier molecular flexibility index (Phi) is 4.87. The SMILES string of the molecule is Cc1cccc(OCCF)c1OCCF. The predicted molar refractivity (Wildman–Crippen MR) is 54.1 cm³/mol. The van der Waals surface area contributed by atoms with E-state index in [0.29, 0.717) is 11.5 Å². The Balaban J connectivity index is 2.77. The number of hydrogen-bond donors (Lipinski definition) is 0. The third-order valence-electron chi connectivity index (χ3n) is 1.83. The van der Waals surface area contributed by atoms with Crippen molar-refractivity contribution in [2.45, 2.75) is 6.92 Å². The van der Waals surface area contributed by atoms with Crippen molar-refractivity contribution >= 4 is 0 Å². The standard InChI is InChI=1S/C11H14F2O2/c1-9-3-2-4-10(14-7-5-12)11(9)15-8-6-13/h2-4H,5-8H2,1H3. The van der Waals surface area contributed by atoms with E-state index in [0.717, 1.165) is 5.56 Å². The van der Waals surface area contributed by atoms with Gasteiger partial charge in [-0.05, 0) is 18.6 Å². The van der Waals surface area contributed by atoms with Crippen molar-refractivity contribution in [2.24, 2.45) is 0 Å². The molecule has 0 radical (unpaired) electrons. The summed E-state index contributed by atoms with van der Waals surface area (Å²) < 4.78 is 34.2. The van der Waals surface area contributed by atoms with Crippen molar-refractivity contribution in [3.63, 3.8) is 0 Å². The lowest BCUT2D eigenvalue weighted by Gasteiger charge is -2.13. The molecule has 0 heterocycles. The topological polar surface area (TPSA) is 18.5 Å². The molecule has 0 atom stereocenters. The Morgan fingerprint density at radius 2 is 1.73 bits per heavy atom. The van der Waals surface area contributed by atoms with E-state index >= 15 is 0 Å². The van der Waals surface area contributed by atoms with Crippen LogP contribution in [0.15, 0.2) is 18.2 Å². The molecule has 0 aliphatic heterocycles. The maximum absolute atomic E-state index is 12.0. The largest absolute Gasteiger partial charge is 0.487 e. The fourth-order valence-corrected chi connectivity index (χ4v) is 1.21. The van der Waals surface area contributed by atoms with Crippen LogP contribution in [0.5, 0.6) is 11.5 Å². The van der Waals surface area contributed by atoms with Gasteiger partial charge in [-0.2, -0.15) is 0 Å². The van der Waals surface area contributed by atoms with Crippen LogP contribution >= 0.6 is 0 Å². The van der Waals surface area contributed by atoms with Gasteiger partial charge in [0.15, 0.2) is 11.5 Å². The van der Waals surface area contributed by atoms with Crippen LogP contribution in [-0.2, 0) is 0 Å². The highest BCUT2D eigenvalue weighted by atomic mass is 19.1. The van der Waals surface area contributed by atoms with E-state index in [2.05, 4.69) is 0 Å². The molecule has 1 rings (SSSR count). The Bertz CT molecular complexity index is 303. The number of halogens is 2. The van der Waals surface area contributed by atoms with E-state index in [9.17, 15) is 8.78 Å². The molecule has 0 saturated carbocycles. The first-order chi connectivity index (χ1) is 7.29. The highest BCUT2D eigenvalue weighted by Crippen LogP contribution is 2.30. The summed E-state index contributed by atoms with van der Waals surface area (Å²) >= 11 is 0. The van der Waals surface area contributed by atoms with Crippen LogP contribution in [0.3, 0.4) is 0 Å². The fraction of sp³-hybridized carbons (Fsp3) is 0.455. The molecule has 1 aromatic carbocycles. The van der Waals surface area contributed by atoms with Crippen LogP contribution in [0.25, 0.3) is 0 Å². The average Bonchev–Trinajstić information content (AvgIpc) is 2.25. The van der Waals surface area contributed by atoms with E-state index in [-0.39, 0.29) is 13.2 Å². The molecule has 0 spiro atoms. The van der Waals surface area contributed by atoms with E-state index in [1.807, 2.05) is 13.0 Å². The zero-order valence-corrected chi connectivity index (χ0v) is 8.63. The van der Waals surface area contributed by atoms with Gasteiger partial charge in [-0.25, -0.2) is 8.78 Å². The first kappa shape index (κ1) is 11.8. The van der Waals surface area contributed by atoms with Gasteiger partial charge in [-0.3, -0.25) is 0 Å². The van der Waals surface area contributed by atoms with Crippen LogP contribution in [0, 0.1) is 6.92 Å². The van der Waals surface area contributed by atoms with Crippen molar-refractivity contribution in [3.05, 3.63) is 23.8 Å². The lowest BCUT2D eigenvalue weighted by molar-refractivity contribution is 0.234. The fourth-order valence-electron chi connectivity index (χ4n) is 1.21. The van der Waals surface area contributed by atoms with E-state index in [4.69, 9.17) is 9.47 Å². The predicted octanol–water partition coefficient (Wildman–Crippen LogP) is 2.69. The second-order valence-corrected chi connectivity index (χ2v) is 2.98. The number of para-hydroxylation sites is 1. The van der Waals surface area contributed by atoms with Crippen LogP contribution in [-0.4, -0.2) is 26.6 Å². The lowest BCUT2D eigenvalue weighted by atomic mass is 10.2. The summed E-state index contributed by atoms with van der Waals surface area (Å²) in [4.78, 5) is 0. The van der Waals surface area contributed by atoms with Gasteiger partial charge in [-0.15, -0.1) is 0 Å². The molecule has 15 heavy (non-hydrogen) atoms. The second kappa shape index (κ2) is 6.22. The van der Waals surface area contributed by atoms with Gasteiger partial charge >= 0.3 is 0 Å². The minimum absolute atomic E-state index is 0.0170. The van der Waals surface area contributed by atoms with Crippen LogP contribution < -0.4 is 9.47 Å². The highest BCUT2D eigenvalue weighted by molar-refractivity contribution is 5.45. The molecule has 0 bridgehead atoms. The minimum Gasteiger partial charge on any atom is -0.487 e. The number of rotatable bonds is 6. The number of benzene rings is 1. The summed E-state index contributed by atoms with van der Waals surface area (Å²) in [5.41, 5.74) is 0.847. The van der Waals surface area contributed by atoms with E-state index < -0.39 is 13.3 Å². The summed E-state index contributed by atoms with van der Waals surface area (Å²) in [6, 6.07) is 5.29. The molecular formula is C11H14F2O2. The van der Waals surface area contributed by atoms with Crippen molar-refractivity contribution in [2.75, 3.05) is 26.6 Å². The Morgan fingerprint density at radius 1 is 1.07 bits per heavy atom. The van der Waals surface area contributed by atoms with Gasteiger partial charge in [0.25, 0.3) is 0 Å². The van der Waals surface area contributed by atoms with Crippen LogP contribution in [0.1, 0.15) is 5.56 Å². The molecule has 0 fully saturated rings. The normalized spacial score (nSPS) is 10.1. The number of aryl methyl sites for hydroxylation is 1. The number of alkyl halides is 2. The lowest BCUT2D eigenvalue weighted by Crippen LogP contribution is -2.05. The van der Waals surface area contributed by atoms with Crippen molar-refractivity contribution in [1.29, 1.82) is 0 Å². The third kappa shape index (κ3) is 3.38.